The SMILES string of the molecule is CC(C)(C)OC(=O)NC1=NC(Cn2ccnc2)CS1. The lowest BCUT2D eigenvalue weighted by Crippen LogP contribution is -2.34. The zero-order chi connectivity index (χ0) is 13.9. The van der Waals surface area contributed by atoms with Gasteiger partial charge >= 0.3 is 6.09 Å². The average molecular weight is 282 g/mol. The summed E-state index contributed by atoms with van der Waals surface area (Å²) in [6.07, 6.45) is 4.95. The lowest BCUT2D eigenvalue weighted by Gasteiger charge is -2.19. The lowest BCUT2D eigenvalue weighted by atomic mass is 10.2. The topological polar surface area (TPSA) is 68.5 Å². The Morgan fingerprint density at radius 2 is 2.42 bits per heavy atom. The molecule has 0 aliphatic carbocycles. The molecule has 1 atom stereocenters. The molecular weight excluding hydrogens is 264 g/mol. The van der Waals surface area contributed by atoms with Crippen LogP contribution in [0, 0.1) is 0 Å². The van der Waals surface area contributed by atoms with E-state index in [-0.39, 0.29) is 6.04 Å². The molecule has 0 bridgehead atoms. The summed E-state index contributed by atoms with van der Waals surface area (Å²) >= 11 is 1.53. The van der Waals surface area contributed by atoms with Gasteiger partial charge in [-0.05, 0) is 20.8 Å². The zero-order valence-corrected chi connectivity index (χ0v) is 12.1. The third-order valence-corrected chi connectivity index (χ3v) is 3.33. The van der Waals surface area contributed by atoms with E-state index in [9.17, 15) is 4.79 Å². The van der Waals surface area contributed by atoms with Crippen LogP contribution in [0.15, 0.2) is 23.7 Å². The van der Waals surface area contributed by atoms with E-state index in [0.717, 1.165) is 12.3 Å². The Hall–Kier alpha value is -1.50. The standard InChI is InChI=1S/C12H18N4O2S/c1-12(2,3)18-11(17)15-10-14-9(7-19-10)6-16-5-4-13-8-16/h4-5,8-9H,6-7H2,1-3H3,(H,14,15,17). The van der Waals surface area contributed by atoms with Gasteiger partial charge in [-0.1, -0.05) is 11.8 Å². The fourth-order valence-corrected chi connectivity index (χ4v) is 2.52. The Balaban J connectivity index is 1.84. The third kappa shape index (κ3) is 4.59. The Morgan fingerprint density at radius 1 is 1.63 bits per heavy atom. The van der Waals surface area contributed by atoms with Crippen LogP contribution in [-0.4, -0.2) is 38.2 Å². The number of amides is 1. The van der Waals surface area contributed by atoms with Gasteiger partial charge in [-0.25, -0.2) is 9.78 Å². The van der Waals surface area contributed by atoms with Crippen molar-refractivity contribution in [2.45, 2.75) is 39.0 Å². The minimum absolute atomic E-state index is 0.157. The Labute approximate surface area is 116 Å². The molecule has 0 radical (unpaired) electrons. The van der Waals surface area contributed by atoms with Crippen molar-refractivity contribution < 1.29 is 9.53 Å². The van der Waals surface area contributed by atoms with Crippen molar-refractivity contribution in [2.75, 3.05) is 5.75 Å². The predicted octanol–water partition coefficient (Wildman–Crippen LogP) is 1.88. The molecule has 104 valence electrons. The molecule has 0 saturated heterocycles. The van der Waals surface area contributed by atoms with Crippen LogP contribution < -0.4 is 5.32 Å². The molecule has 0 aromatic carbocycles. The Morgan fingerprint density at radius 3 is 3.05 bits per heavy atom. The first-order valence-electron chi connectivity index (χ1n) is 6.09. The minimum atomic E-state index is -0.496. The first-order valence-corrected chi connectivity index (χ1v) is 7.07. The van der Waals surface area contributed by atoms with Crippen molar-refractivity contribution in [2.24, 2.45) is 4.99 Å². The second-order valence-electron chi connectivity index (χ2n) is 5.29. The number of hydrogen-bond donors (Lipinski definition) is 1. The Kier molecular flexibility index (Phi) is 4.14. The monoisotopic (exact) mass is 282 g/mol. The quantitative estimate of drug-likeness (QED) is 0.899. The summed E-state index contributed by atoms with van der Waals surface area (Å²) in [5.74, 6) is 0.851. The fourth-order valence-electron chi connectivity index (χ4n) is 1.61. The van der Waals surface area contributed by atoms with Gasteiger partial charge in [0, 0.05) is 24.7 Å². The maximum absolute atomic E-state index is 11.6. The molecule has 1 aliphatic rings. The third-order valence-electron chi connectivity index (χ3n) is 2.30. The summed E-state index contributed by atoms with van der Waals surface area (Å²) in [4.78, 5) is 20.0. The molecule has 1 aromatic heterocycles. The summed E-state index contributed by atoms with van der Waals surface area (Å²) < 4.78 is 7.16. The first-order chi connectivity index (χ1) is 8.92. The second-order valence-corrected chi connectivity index (χ2v) is 6.29. The minimum Gasteiger partial charge on any atom is -0.444 e. The van der Waals surface area contributed by atoms with Gasteiger partial charge in [0.15, 0.2) is 5.17 Å². The normalized spacial score (nSPS) is 19.1. The van der Waals surface area contributed by atoms with Crippen LogP contribution in [0.2, 0.25) is 0 Å². The summed E-state index contributed by atoms with van der Waals surface area (Å²) in [6, 6.07) is 0.157. The van der Waals surface area contributed by atoms with Gasteiger partial charge in [-0.15, -0.1) is 0 Å². The van der Waals surface area contributed by atoms with E-state index in [1.54, 1.807) is 12.5 Å². The molecule has 2 heterocycles. The van der Waals surface area contributed by atoms with E-state index < -0.39 is 11.7 Å². The van der Waals surface area contributed by atoms with Crippen molar-refractivity contribution in [1.29, 1.82) is 0 Å². The molecule has 1 aromatic rings. The highest BCUT2D eigenvalue weighted by Gasteiger charge is 2.22. The highest BCUT2D eigenvalue weighted by atomic mass is 32.2. The summed E-state index contributed by atoms with van der Waals surface area (Å²) in [5.41, 5.74) is -0.496. The van der Waals surface area contributed by atoms with Crippen LogP contribution in [0.25, 0.3) is 0 Å². The van der Waals surface area contributed by atoms with E-state index in [1.165, 1.54) is 11.8 Å². The van der Waals surface area contributed by atoms with Crippen LogP contribution in [0.4, 0.5) is 4.79 Å². The van der Waals surface area contributed by atoms with Gasteiger partial charge in [-0.3, -0.25) is 10.3 Å². The Bertz CT molecular complexity index is 465. The van der Waals surface area contributed by atoms with Crippen LogP contribution in [0.5, 0.6) is 0 Å². The van der Waals surface area contributed by atoms with Crippen LogP contribution >= 0.6 is 11.8 Å². The molecule has 1 N–H and O–H groups in total. The van der Waals surface area contributed by atoms with E-state index in [2.05, 4.69) is 15.3 Å². The van der Waals surface area contributed by atoms with Crippen LogP contribution in [0.1, 0.15) is 20.8 Å². The lowest BCUT2D eigenvalue weighted by molar-refractivity contribution is 0.0564. The number of alkyl carbamates (subject to hydrolysis) is 1. The summed E-state index contributed by atoms with van der Waals surface area (Å²) in [6.45, 7) is 6.26. The number of amidine groups is 1. The van der Waals surface area contributed by atoms with E-state index in [0.29, 0.717) is 5.17 Å². The van der Waals surface area contributed by atoms with Gasteiger partial charge < -0.3 is 9.30 Å². The average Bonchev–Trinajstić information content (AvgIpc) is 2.88. The van der Waals surface area contributed by atoms with Gasteiger partial charge in [-0.2, -0.15) is 0 Å². The molecule has 2 rings (SSSR count). The molecule has 1 unspecified atom stereocenters. The van der Waals surface area contributed by atoms with E-state index in [1.807, 2.05) is 31.5 Å². The second kappa shape index (κ2) is 5.64. The smallest absolute Gasteiger partial charge is 0.413 e. The molecule has 7 heteroatoms. The van der Waals surface area contributed by atoms with Crippen molar-refractivity contribution in [3.63, 3.8) is 0 Å². The van der Waals surface area contributed by atoms with Crippen molar-refractivity contribution in [3.8, 4) is 0 Å². The molecule has 0 spiro atoms. The number of carbonyl (C=O) groups is 1. The van der Waals surface area contributed by atoms with E-state index >= 15 is 0 Å². The number of aromatic nitrogens is 2. The van der Waals surface area contributed by atoms with Crippen molar-refractivity contribution in [1.82, 2.24) is 14.9 Å². The molecule has 19 heavy (non-hydrogen) atoms. The largest absolute Gasteiger partial charge is 0.444 e. The fraction of sp³-hybridized carbons (Fsp3) is 0.583. The predicted molar refractivity (Wildman–Crippen MR) is 75.3 cm³/mol. The maximum atomic E-state index is 11.6. The van der Waals surface area contributed by atoms with Gasteiger partial charge in [0.05, 0.1) is 12.4 Å². The van der Waals surface area contributed by atoms with Crippen molar-refractivity contribution in [3.05, 3.63) is 18.7 Å². The van der Waals surface area contributed by atoms with Gasteiger partial charge in [0.1, 0.15) is 5.60 Å². The first kappa shape index (κ1) is 13.9. The number of aliphatic imine (C=N–C) groups is 1. The molecule has 1 aliphatic heterocycles. The number of imidazole rings is 1. The highest BCUT2D eigenvalue weighted by molar-refractivity contribution is 8.14. The molecule has 1 amide bonds. The van der Waals surface area contributed by atoms with Crippen molar-refractivity contribution >= 4 is 23.0 Å². The van der Waals surface area contributed by atoms with Crippen LogP contribution in [-0.2, 0) is 11.3 Å². The molecule has 6 nitrogen and oxygen atoms in total. The number of hydrogen-bond acceptors (Lipinski definition) is 5. The molecular formula is C12H18N4O2S. The number of carbonyl (C=O) groups excluding carboxylic acids is 1. The summed E-state index contributed by atoms with van der Waals surface area (Å²) in [7, 11) is 0. The van der Waals surface area contributed by atoms with Crippen LogP contribution in [0.3, 0.4) is 0 Å². The highest BCUT2D eigenvalue weighted by Crippen LogP contribution is 2.18. The van der Waals surface area contributed by atoms with Gasteiger partial charge in [0.2, 0.25) is 0 Å². The number of ether oxygens (including phenoxy) is 1. The van der Waals surface area contributed by atoms with Gasteiger partial charge in [0.25, 0.3) is 0 Å². The van der Waals surface area contributed by atoms with E-state index in [4.69, 9.17) is 4.74 Å². The number of rotatable bonds is 2. The summed E-state index contributed by atoms with van der Waals surface area (Å²) in [5, 5.41) is 3.30. The zero-order valence-electron chi connectivity index (χ0n) is 11.3. The number of thioether (sulfide) groups is 1. The number of nitrogens with one attached hydrogen (secondary N) is 1. The molecule has 0 fully saturated rings. The maximum Gasteiger partial charge on any atom is 0.413 e. The molecule has 0 saturated carbocycles. The number of nitrogens with zero attached hydrogens (tertiary/aromatic N) is 3.